The Morgan fingerprint density at radius 2 is 2.32 bits per heavy atom. The number of benzene rings is 1. The van der Waals surface area contributed by atoms with Crippen LogP contribution in [-0.2, 0) is 11.2 Å². The molecule has 0 unspecified atom stereocenters. The van der Waals surface area contributed by atoms with Gasteiger partial charge in [-0.05, 0) is 55.8 Å². The minimum Gasteiger partial charge on any atom is -0.334 e. The van der Waals surface area contributed by atoms with Crippen molar-refractivity contribution in [1.29, 1.82) is 0 Å². The highest BCUT2D eigenvalue weighted by Crippen LogP contribution is 2.30. The molecular formula is C17H23FN2OS. The zero-order chi connectivity index (χ0) is 15.7. The monoisotopic (exact) mass is 322 g/mol. The maximum atomic E-state index is 13.5. The number of likely N-dealkylation sites (N-methyl/N-ethyl adjacent to an activating group) is 1. The van der Waals surface area contributed by atoms with Crippen LogP contribution in [-0.4, -0.2) is 53.4 Å². The maximum Gasteiger partial charge on any atom is 0.237 e. The number of hydrogen-bond donors (Lipinski definition) is 0. The van der Waals surface area contributed by atoms with E-state index in [1.165, 1.54) is 17.4 Å². The summed E-state index contributed by atoms with van der Waals surface area (Å²) in [6.07, 6.45) is 1.98. The van der Waals surface area contributed by atoms with Crippen LogP contribution in [0.15, 0.2) is 18.2 Å². The first-order valence-corrected chi connectivity index (χ1v) is 9.07. The molecule has 3 rings (SSSR count). The second kappa shape index (κ2) is 6.59. The molecule has 0 spiro atoms. The summed E-state index contributed by atoms with van der Waals surface area (Å²) in [7, 11) is 2.04. The van der Waals surface area contributed by atoms with Gasteiger partial charge in [-0.2, -0.15) is 11.8 Å². The van der Waals surface area contributed by atoms with E-state index in [1.807, 2.05) is 36.7 Å². The molecule has 2 atom stereocenters. The summed E-state index contributed by atoms with van der Waals surface area (Å²) in [5.74, 6) is 2.24. The van der Waals surface area contributed by atoms with E-state index in [-0.39, 0.29) is 17.8 Å². The number of rotatable bonds is 3. The van der Waals surface area contributed by atoms with Crippen LogP contribution in [0.5, 0.6) is 0 Å². The fourth-order valence-electron chi connectivity index (χ4n) is 3.43. The van der Waals surface area contributed by atoms with E-state index < -0.39 is 0 Å². The van der Waals surface area contributed by atoms with Gasteiger partial charge < -0.3 is 4.90 Å². The van der Waals surface area contributed by atoms with E-state index in [0.717, 1.165) is 30.7 Å². The molecule has 2 aliphatic rings. The number of carbonyl (C=O) groups is 1. The topological polar surface area (TPSA) is 23.6 Å². The molecule has 1 saturated heterocycles. The number of carbonyl (C=O) groups excluding carboxylic acids is 1. The zero-order valence-corrected chi connectivity index (χ0v) is 14.0. The highest BCUT2D eigenvalue weighted by atomic mass is 32.2. The Hall–Kier alpha value is -1.07. The lowest BCUT2D eigenvalue weighted by atomic mass is 9.93. The molecule has 1 aromatic rings. The van der Waals surface area contributed by atoms with E-state index >= 15 is 0 Å². The van der Waals surface area contributed by atoms with Gasteiger partial charge in [-0.15, -0.1) is 0 Å². The first-order chi connectivity index (χ1) is 10.6. The molecule has 5 heteroatoms. The summed E-state index contributed by atoms with van der Waals surface area (Å²) in [4.78, 5) is 16.7. The van der Waals surface area contributed by atoms with Gasteiger partial charge in [0.1, 0.15) is 5.82 Å². The van der Waals surface area contributed by atoms with Crippen molar-refractivity contribution < 1.29 is 9.18 Å². The standard InChI is InChI=1S/C17H23FN2OS/c1-12-16-9-14(18)4-3-13(16)5-7-20(12)17(21)10-19(2)15-6-8-22-11-15/h3-4,9,12,15H,5-8,10-11H2,1-2H3/t12-,15+/m1/s1. The molecule has 2 heterocycles. The van der Waals surface area contributed by atoms with Crippen LogP contribution in [0.2, 0.25) is 0 Å². The van der Waals surface area contributed by atoms with Gasteiger partial charge in [-0.25, -0.2) is 4.39 Å². The van der Waals surface area contributed by atoms with Crippen molar-refractivity contribution >= 4 is 17.7 Å². The lowest BCUT2D eigenvalue weighted by Gasteiger charge is -2.37. The van der Waals surface area contributed by atoms with Crippen LogP contribution in [0.1, 0.15) is 30.5 Å². The molecule has 0 saturated carbocycles. The van der Waals surface area contributed by atoms with Crippen molar-refractivity contribution in [2.45, 2.75) is 31.8 Å². The van der Waals surface area contributed by atoms with E-state index in [2.05, 4.69) is 4.90 Å². The van der Waals surface area contributed by atoms with Gasteiger partial charge in [-0.3, -0.25) is 9.69 Å². The number of fused-ring (bicyclic) bond motifs is 1. The molecule has 2 aliphatic heterocycles. The largest absolute Gasteiger partial charge is 0.334 e. The summed E-state index contributed by atoms with van der Waals surface area (Å²) in [5.41, 5.74) is 2.12. The summed E-state index contributed by atoms with van der Waals surface area (Å²) in [5, 5.41) is 0. The minimum atomic E-state index is -0.222. The van der Waals surface area contributed by atoms with Crippen LogP contribution in [0.25, 0.3) is 0 Å². The average Bonchev–Trinajstić information content (AvgIpc) is 3.02. The zero-order valence-electron chi connectivity index (χ0n) is 13.2. The molecule has 0 N–H and O–H groups in total. The van der Waals surface area contributed by atoms with Crippen molar-refractivity contribution in [3.8, 4) is 0 Å². The van der Waals surface area contributed by atoms with Crippen LogP contribution < -0.4 is 0 Å². The molecule has 22 heavy (non-hydrogen) atoms. The molecule has 0 radical (unpaired) electrons. The van der Waals surface area contributed by atoms with Crippen molar-refractivity contribution in [3.63, 3.8) is 0 Å². The fourth-order valence-corrected chi connectivity index (χ4v) is 4.73. The van der Waals surface area contributed by atoms with Gasteiger partial charge in [0.2, 0.25) is 5.91 Å². The predicted octanol–water partition coefficient (Wildman–Crippen LogP) is 2.71. The fraction of sp³-hybridized carbons (Fsp3) is 0.588. The third-order valence-electron chi connectivity index (χ3n) is 4.88. The molecule has 3 nitrogen and oxygen atoms in total. The molecular weight excluding hydrogens is 299 g/mol. The van der Waals surface area contributed by atoms with Crippen LogP contribution >= 0.6 is 11.8 Å². The first-order valence-electron chi connectivity index (χ1n) is 7.92. The number of nitrogens with zero attached hydrogens (tertiary/aromatic N) is 2. The minimum absolute atomic E-state index is 0.0432. The second-order valence-corrected chi connectivity index (χ2v) is 7.44. The molecule has 0 bridgehead atoms. The smallest absolute Gasteiger partial charge is 0.237 e. The highest BCUT2D eigenvalue weighted by molar-refractivity contribution is 7.99. The van der Waals surface area contributed by atoms with Gasteiger partial charge in [0, 0.05) is 18.3 Å². The number of amides is 1. The maximum absolute atomic E-state index is 13.5. The van der Waals surface area contributed by atoms with Gasteiger partial charge in [0.05, 0.1) is 12.6 Å². The summed E-state index contributed by atoms with van der Waals surface area (Å²) in [6, 6.07) is 5.41. The van der Waals surface area contributed by atoms with E-state index in [4.69, 9.17) is 0 Å². The quantitative estimate of drug-likeness (QED) is 0.855. The Morgan fingerprint density at radius 1 is 1.50 bits per heavy atom. The van der Waals surface area contributed by atoms with E-state index in [9.17, 15) is 9.18 Å². The van der Waals surface area contributed by atoms with Gasteiger partial charge >= 0.3 is 0 Å². The SMILES string of the molecule is C[C@@H]1c2cc(F)ccc2CCN1C(=O)CN(C)[C@H]1CCSC1. The Kier molecular flexibility index (Phi) is 4.73. The molecule has 1 aromatic carbocycles. The van der Waals surface area contributed by atoms with Crippen LogP contribution in [0.3, 0.4) is 0 Å². The molecule has 0 aliphatic carbocycles. The molecule has 1 amide bonds. The van der Waals surface area contributed by atoms with E-state index in [1.54, 1.807) is 6.07 Å². The van der Waals surface area contributed by atoms with Crippen molar-refractivity contribution in [3.05, 3.63) is 35.1 Å². The number of thioether (sulfide) groups is 1. The lowest BCUT2D eigenvalue weighted by Crippen LogP contribution is -2.46. The second-order valence-electron chi connectivity index (χ2n) is 6.29. The van der Waals surface area contributed by atoms with Gasteiger partial charge in [0.15, 0.2) is 0 Å². The van der Waals surface area contributed by atoms with E-state index in [0.29, 0.717) is 12.6 Å². The summed E-state index contributed by atoms with van der Waals surface area (Å²) < 4.78 is 13.5. The average molecular weight is 322 g/mol. The van der Waals surface area contributed by atoms with Crippen molar-refractivity contribution in [2.75, 3.05) is 31.6 Å². The van der Waals surface area contributed by atoms with Crippen molar-refractivity contribution in [1.82, 2.24) is 9.80 Å². The Labute approximate surface area is 135 Å². The number of hydrogen-bond acceptors (Lipinski definition) is 3. The van der Waals surface area contributed by atoms with Crippen LogP contribution in [0.4, 0.5) is 4.39 Å². The molecule has 120 valence electrons. The lowest BCUT2D eigenvalue weighted by molar-refractivity contribution is -0.135. The Morgan fingerprint density at radius 3 is 3.05 bits per heavy atom. The third kappa shape index (κ3) is 3.15. The van der Waals surface area contributed by atoms with Gasteiger partial charge in [-0.1, -0.05) is 6.07 Å². The highest BCUT2D eigenvalue weighted by Gasteiger charge is 2.30. The molecule has 1 fully saturated rings. The normalized spacial score (nSPS) is 24.6. The van der Waals surface area contributed by atoms with Gasteiger partial charge in [0.25, 0.3) is 0 Å². The summed E-state index contributed by atoms with van der Waals surface area (Å²) in [6.45, 7) is 3.19. The molecule has 0 aromatic heterocycles. The summed E-state index contributed by atoms with van der Waals surface area (Å²) >= 11 is 1.96. The van der Waals surface area contributed by atoms with Crippen LogP contribution in [0, 0.1) is 5.82 Å². The Bertz CT molecular complexity index is 560. The Balaban J connectivity index is 1.68. The predicted molar refractivity (Wildman–Crippen MR) is 88.6 cm³/mol. The first kappa shape index (κ1) is 15.8. The number of halogens is 1. The third-order valence-corrected chi connectivity index (χ3v) is 6.03. The van der Waals surface area contributed by atoms with Crippen molar-refractivity contribution in [2.24, 2.45) is 0 Å².